The lowest BCUT2D eigenvalue weighted by Gasteiger charge is -2.02. The molecule has 2 aromatic heterocycles. The van der Waals surface area contributed by atoms with E-state index in [0.717, 1.165) is 6.20 Å². The van der Waals surface area contributed by atoms with Gasteiger partial charge in [-0.2, -0.15) is 0 Å². The van der Waals surface area contributed by atoms with Crippen molar-refractivity contribution in [3.8, 4) is 0 Å². The lowest BCUT2D eigenvalue weighted by molar-refractivity contribution is 0.0987. The molecule has 0 unspecified atom stereocenters. The minimum absolute atomic E-state index is 0.0508. The van der Waals surface area contributed by atoms with Crippen molar-refractivity contribution < 1.29 is 13.7 Å². The molecule has 0 aliphatic rings. The van der Waals surface area contributed by atoms with Gasteiger partial charge in [0.15, 0.2) is 5.82 Å². The number of carbonyl (C=O) groups is 1. The molecule has 2 rings (SSSR count). The maximum atomic E-state index is 13.3. The predicted molar refractivity (Wildman–Crippen MR) is 62.7 cm³/mol. The molecule has 1 N–H and O–H groups in total. The lowest BCUT2D eigenvalue weighted by atomic mass is 10.1. The van der Waals surface area contributed by atoms with E-state index in [4.69, 9.17) is 4.52 Å². The van der Waals surface area contributed by atoms with E-state index in [0.29, 0.717) is 5.69 Å². The lowest BCUT2D eigenvalue weighted by Crippen LogP contribution is -2.12. The van der Waals surface area contributed by atoms with Crippen LogP contribution in [0.3, 0.4) is 0 Å². The smallest absolute Gasteiger partial charge is 0.294 e. The van der Waals surface area contributed by atoms with Crippen LogP contribution >= 0.6 is 0 Å². The van der Waals surface area contributed by atoms with Crippen molar-refractivity contribution in [2.24, 2.45) is 0 Å². The molecule has 94 valence electrons. The minimum Gasteiger partial charge on any atom is -0.351 e. The Bertz CT molecular complexity index is 566. The third-order valence-electron chi connectivity index (χ3n) is 2.36. The topological polar surface area (TPSA) is 68.0 Å². The van der Waals surface area contributed by atoms with Gasteiger partial charge in [-0.3, -0.25) is 9.78 Å². The summed E-state index contributed by atoms with van der Waals surface area (Å²) in [5.74, 6) is -0.933. The molecule has 0 radical (unpaired) electrons. The van der Waals surface area contributed by atoms with Gasteiger partial charge in [0, 0.05) is 12.3 Å². The van der Waals surface area contributed by atoms with Gasteiger partial charge < -0.3 is 9.84 Å². The van der Waals surface area contributed by atoms with Gasteiger partial charge in [0.2, 0.25) is 5.76 Å². The van der Waals surface area contributed by atoms with Crippen molar-refractivity contribution in [1.82, 2.24) is 10.1 Å². The van der Waals surface area contributed by atoms with E-state index < -0.39 is 11.7 Å². The van der Waals surface area contributed by atoms with E-state index in [-0.39, 0.29) is 17.4 Å². The van der Waals surface area contributed by atoms with Crippen LogP contribution in [0.1, 0.15) is 36.0 Å². The number of hydrogen-bond donors (Lipinski definition) is 1. The Kier molecular flexibility index (Phi) is 3.36. The van der Waals surface area contributed by atoms with E-state index >= 15 is 0 Å². The molecule has 5 nitrogen and oxygen atoms in total. The summed E-state index contributed by atoms with van der Waals surface area (Å²) in [6.07, 6.45) is 2.41. The maximum absolute atomic E-state index is 13.3. The Morgan fingerprint density at radius 3 is 2.89 bits per heavy atom. The maximum Gasteiger partial charge on any atom is 0.294 e. The number of nitrogens with one attached hydrogen (secondary N) is 1. The Morgan fingerprint density at radius 1 is 1.50 bits per heavy atom. The summed E-state index contributed by atoms with van der Waals surface area (Å²) >= 11 is 0. The highest BCUT2D eigenvalue weighted by molar-refractivity contribution is 6.02. The number of amides is 1. The molecule has 2 aromatic rings. The van der Waals surface area contributed by atoms with Crippen molar-refractivity contribution >= 4 is 11.6 Å². The molecule has 0 saturated carbocycles. The third kappa shape index (κ3) is 2.53. The fraction of sp³-hybridized carbons (Fsp3) is 0.250. The molecule has 0 aromatic carbocycles. The molecule has 0 aliphatic carbocycles. The average molecular weight is 249 g/mol. The van der Waals surface area contributed by atoms with Gasteiger partial charge in [0.1, 0.15) is 0 Å². The first-order valence-electron chi connectivity index (χ1n) is 5.45. The molecule has 6 heteroatoms. The second-order valence-corrected chi connectivity index (χ2v) is 4.08. The fourth-order valence-electron chi connectivity index (χ4n) is 1.33. The number of hydrogen-bond acceptors (Lipinski definition) is 4. The van der Waals surface area contributed by atoms with Crippen LogP contribution in [0, 0.1) is 5.82 Å². The first kappa shape index (κ1) is 12.2. The van der Waals surface area contributed by atoms with E-state index in [1.807, 2.05) is 13.8 Å². The van der Waals surface area contributed by atoms with Crippen LogP contribution in [0.25, 0.3) is 0 Å². The summed E-state index contributed by atoms with van der Waals surface area (Å²) < 4.78 is 18.2. The Hall–Kier alpha value is -2.24. The molecular formula is C12H12FN3O2. The van der Waals surface area contributed by atoms with Gasteiger partial charge in [-0.1, -0.05) is 19.0 Å². The van der Waals surface area contributed by atoms with Gasteiger partial charge in [-0.05, 0) is 12.0 Å². The SMILES string of the molecule is CC(C)c1cc(C(=O)Nc2ccncc2F)on1. The molecular weight excluding hydrogens is 237 g/mol. The molecule has 0 atom stereocenters. The highest BCUT2D eigenvalue weighted by Gasteiger charge is 2.16. The number of carbonyl (C=O) groups excluding carboxylic acids is 1. The Morgan fingerprint density at radius 2 is 2.28 bits per heavy atom. The van der Waals surface area contributed by atoms with Gasteiger partial charge >= 0.3 is 0 Å². The molecule has 2 heterocycles. The van der Waals surface area contributed by atoms with Crippen LogP contribution in [-0.2, 0) is 0 Å². The van der Waals surface area contributed by atoms with Gasteiger partial charge in [-0.25, -0.2) is 4.39 Å². The van der Waals surface area contributed by atoms with Crippen molar-refractivity contribution in [1.29, 1.82) is 0 Å². The van der Waals surface area contributed by atoms with Crippen LogP contribution in [0.4, 0.5) is 10.1 Å². The monoisotopic (exact) mass is 249 g/mol. The molecule has 0 spiro atoms. The van der Waals surface area contributed by atoms with E-state index in [1.165, 1.54) is 12.3 Å². The molecule has 0 bridgehead atoms. The van der Waals surface area contributed by atoms with Crippen molar-refractivity contribution in [2.75, 3.05) is 5.32 Å². The van der Waals surface area contributed by atoms with Crippen LogP contribution in [-0.4, -0.2) is 16.0 Å². The summed E-state index contributed by atoms with van der Waals surface area (Å²) in [7, 11) is 0. The van der Waals surface area contributed by atoms with E-state index in [1.54, 1.807) is 6.07 Å². The normalized spacial score (nSPS) is 10.7. The van der Waals surface area contributed by atoms with Crippen LogP contribution < -0.4 is 5.32 Å². The summed E-state index contributed by atoms with van der Waals surface area (Å²) in [6, 6.07) is 2.91. The predicted octanol–water partition coefficient (Wildman–Crippen LogP) is 2.58. The summed E-state index contributed by atoms with van der Waals surface area (Å²) in [6.45, 7) is 3.87. The second kappa shape index (κ2) is 4.95. The number of aromatic nitrogens is 2. The Balaban J connectivity index is 2.15. The van der Waals surface area contributed by atoms with Crippen molar-refractivity contribution in [3.63, 3.8) is 0 Å². The molecule has 0 fully saturated rings. The van der Waals surface area contributed by atoms with E-state index in [2.05, 4.69) is 15.5 Å². The number of halogens is 1. The standard InChI is InChI=1S/C12H12FN3O2/c1-7(2)10-5-11(18-16-10)12(17)15-9-3-4-14-6-8(9)13/h3-7H,1-2H3,(H,14,15,17). The second-order valence-electron chi connectivity index (χ2n) is 4.08. The number of nitrogens with zero attached hydrogens (tertiary/aromatic N) is 2. The molecule has 0 saturated heterocycles. The zero-order chi connectivity index (χ0) is 13.1. The Labute approximate surface area is 103 Å². The molecule has 0 aliphatic heterocycles. The van der Waals surface area contributed by atoms with Gasteiger partial charge in [0.25, 0.3) is 5.91 Å². The largest absolute Gasteiger partial charge is 0.351 e. The van der Waals surface area contributed by atoms with Gasteiger partial charge in [-0.15, -0.1) is 0 Å². The highest BCUT2D eigenvalue weighted by Crippen LogP contribution is 2.16. The summed E-state index contributed by atoms with van der Waals surface area (Å²) in [5, 5.41) is 6.15. The van der Waals surface area contributed by atoms with E-state index in [9.17, 15) is 9.18 Å². The average Bonchev–Trinajstić information content (AvgIpc) is 2.81. The highest BCUT2D eigenvalue weighted by atomic mass is 19.1. The summed E-state index contributed by atoms with van der Waals surface area (Å²) in [4.78, 5) is 15.4. The first-order chi connectivity index (χ1) is 8.58. The van der Waals surface area contributed by atoms with Gasteiger partial charge in [0.05, 0.1) is 17.6 Å². The minimum atomic E-state index is -0.602. The number of anilines is 1. The summed E-state index contributed by atoms with van der Waals surface area (Å²) in [5.41, 5.74) is 0.729. The zero-order valence-electron chi connectivity index (χ0n) is 9.98. The third-order valence-corrected chi connectivity index (χ3v) is 2.36. The van der Waals surface area contributed by atoms with Crippen LogP contribution in [0.15, 0.2) is 29.0 Å². The zero-order valence-corrected chi connectivity index (χ0v) is 9.98. The molecule has 18 heavy (non-hydrogen) atoms. The van der Waals surface area contributed by atoms with Crippen molar-refractivity contribution in [2.45, 2.75) is 19.8 Å². The van der Waals surface area contributed by atoms with Crippen LogP contribution in [0.5, 0.6) is 0 Å². The number of rotatable bonds is 3. The molecule has 1 amide bonds. The fourth-order valence-corrected chi connectivity index (χ4v) is 1.33. The van der Waals surface area contributed by atoms with Crippen LogP contribution in [0.2, 0.25) is 0 Å². The first-order valence-corrected chi connectivity index (χ1v) is 5.45. The van der Waals surface area contributed by atoms with Crippen molar-refractivity contribution in [3.05, 3.63) is 41.8 Å². The number of pyridine rings is 1. The quantitative estimate of drug-likeness (QED) is 0.907.